The van der Waals surface area contributed by atoms with Crippen molar-refractivity contribution < 1.29 is 29.0 Å². The molecule has 0 saturated heterocycles. The maximum absolute atomic E-state index is 11.3. The van der Waals surface area contributed by atoms with Crippen LogP contribution in [-0.4, -0.2) is 36.1 Å². The average molecular weight is 374 g/mol. The summed E-state index contributed by atoms with van der Waals surface area (Å²) in [4.78, 5) is 19.5. The molecule has 0 aliphatic rings. The van der Waals surface area contributed by atoms with E-state index in [9.17, 15) is 4.79 Å². The van der Waals surface area contributed by atoms with Crippen LogP contribution in [0.5, 0.6) is 0 Å². The summed E-state index contributed by atoms with van der Waals surface area (Å²) in [5.74, 6) is -0.419. The van der Waals surface area contributed by atoms with Gasteiger partial charge < -0.3 is 41.5 Å². The molecule has 1 aromatic heterocycles. The Balaban J connectivity index is 0.000000715. The zero-order valence-corrected chi connectivity index (χ0v) is 16.0. The number of carbonyl (C=O) groups is 1. The van der Waals surface area contributed by atoms with E-state index in [1.54, 1.807) is 18.2 Å². The molecular formula is C12H12N4O2S2Zn-4. The first kappa shape index (κ1) is 20.0. The van der Waals surface area contributed by atoms with Gasteiger partial charge in [0, 0.05) is 19.5 Å². The smallest absolute Gasteiger partial charge is 0.337 e. The number of benzene rings is 1. The summed E-state index contributed by atoms with van der Waals surface area (Å²) in [6, 6.07) is 4.86. The van der Waals surface area contributed by atoms with Crippen molar-refractivity contribution in [1.82, 2.24) is 9.97 Å². The fourth-order valence-corrected chi connectivity index (χ4v) is 1.55. The predicted octanol–water partition coefficient (Wildman–Crippen LogP) is 2.32. The number of ether oxygens (including phenoxy) is 1. The fraction of sp³-hybridized carbons (Fsp3) is 0.250. The van der Waals surface area contributed by atoms with Crippen molar-refractivity contribution in [1.29, 1.82) is 0 Å². The quantitative estimate of drug-likeness (QED) is 0.455. The van der Waals surface area contributed by atoms with Crippen molar-refractivity contribution in [3.8, 4) is 0 Å². The van der Waals surface area contributed by atoms with Crippen molar-refractivity contribution in [2.45, 2.75) is 10.1 Å². The number of hydrogen-bond acceptors (Lipinski definition) is 6. The van der Waals surface area contributed by atoms with Crippen molar-refractivity contribution in [2.24, 2.45) is 0 Å². The van der Waals surface area contributed by atoms with Gasteiger partial charge in [-0.3, -0.25) is 9.97 Å². The number of fused-ring (bicyclic) bond motifs is 1. The number of rotatable bonds is 2. The monoisotopic (exact) mass is 372 g/mol. The Morgan fingerprint density at radius 2 is 1.67 bits per heavy atom. The molecule has 110 valence electrons. The van der Waals surface area contributed by atoms with Gasteiger partial charge in [-0.05, 0) is 18.2 Å². The third kappa shape index (κ3) is 5.72. The Morgan fingerprint density at radius 1 is 1.14 bits per heavy atom. The molecule has 0 bridgehead atoms. The second kappa shape index (κ2) is 9.86. The molecule has 0 fully saturated rings. The maximum atomic E-state index is 11.3. The molecule has 2 rings (SSSR count). The molecule has 6 nitrogen and oxygen atoms in total. The Morgan fingerprint density at radius 3 is 2.14 bits per heavy atom. The summed E-state index contributed by atoms with van der Waals surface area (Å²) in [7, 11) is 1.32. The van der Waals surface area contributed by atoms with Crippen LogP contribution < -0.4 is 0 Å². The summed E-state index contributed by atoms with van der Waals surface area (Å²) in [5, 5.41) is 0.567. The fourth-order valence-electron chi connectivity index (χ4n) is 1.27. The molecular weight excluding hydrogens is 362 g/mol. The molecule has 0 aliphatic carbocycles. The van der Waals surface area contributed by atoms with Crippen LogP contribution in [0.3, 0.4) is 0 Å². The SMILES string of the molecule is COC(=O)c1ccc2nc([S-])c([S-])nc2c1.[NH-]CC[NH-].[Zn]. The van der Waals surface area contributed by atoms with E-state index in [0.717, 1.165) is 0 Å². The average Bonchev–Trinajstić information content (AvgIpc) is 2.47. The first-order valence-electron chi connectivity index (χ1n) is 5.56. The summed E-state index contributed by atoms with van der Waals surface area (Å²) in [6.07, 6.45) is 0. The van der Waals surface area contributed by atoms with Crippen LogP contribution in [0.15, 0.2) is 28.3 Å². The number of methoxy groups -OCH3 is 1. The normalized spacial score (nSPS) is 9.29. The van der Waals surface area contributed by atoms with Gasteiger partial charge in [-0.1, -0.05) is 10.1 Å². The van der Waals surface area contributed by atoms with Crippen LogP contribution in [0.25, 0.3) is 22.5 Å². The summed E-state index contributed by atoms with van der Waals surface area (Å²) < 4.78 is 4.61. The van der Waals surface area contributed by atoms with Crippen LogP contribution in [0, 0.1) is 0 Å². The summed E-state index contributed by atoms with van der Waals surface area (Å²) in [6.45, 7) is 0.472. The number of aromatic nitrogens is 2. The molecule has 9 heteroatoms. The molecule has 1 heterocycles. The van der Waals surface area contributed by atoms with E-state index in [-0.39, 0.29) is 37.6 Å². The minimum atomic E-state index is -0.419. The van der Waals surface area contributed by atoms with Crippen molar-refractivity contribution in [3.05, 3.63) is 35.2 Å². The predicted molar refractivity (Wildman–Crippen MR) is 80.5 cm³/mol. The van der Waals surface area contributed by atoms with Gasteiger partial charge in [0.05, 0.1) is 23.7 Å². The second-order valence-corrected chi connectivity index (χ2v) is 4.30. The van der Waals surface area contributed by atoms with E-state index >= 15 is 0 Å². The van der Waals surface area contributed by atoms with Gasteiger partial charge in [-0.25, -0.2) is 4.79 Å². The third-order valence-corrected chi connectivity index (χ3v) is 2.85. The van der Waals surface area contributed by atoms with Crippen molar-refractivity contribution in [2.75, 3.05) is 20.2 Å². The first-order chi connectivity index (χ1) is 9.53. The topological polar surface area (TPSA) is 99.7 Å². The van der Waals surface area contributed by atoms with E-state index in [1.807, 2.05) is 0 Å². The first-order valence-corrected chi connectivity index (χ1v) is 6.38. The van der Waals surface area contributed by atoms with Gasteiger partial charge in [0.2, 0.25) is 0 Å². The second-order valence-electron chi connectivity index (χ2n) is 3.53. The molecule has 0 saturated carbocycles. The van der Waals surface area contributed by atoms with Crippen LogP contribution in [0.2, 0.25) is 0 Å². The third-order valence-electron chi connectivity index (χ3n) is 2.15. The van der Waals surface area contributed by atoms with Gasteiger partial charge >= 0.3 is 5.97 Å². The molecule has 21 heavy (non-hydrogen) atoms. The Bertz CT molecular complexity index is 611. The van der Waals surface area contributed by atoms with E-state index in [1.165, 1.54) is 7.11 Å². The maximum Gasteiger partial charge on any atom is 0.337 e. The van der Waals surface area contributed by atoms with Crippen LogP contribution in [-0.2, 0) is 49.5 Å². The van der Waals surface area contributed by atoms with Gasteiger partial charge in [-0.15, -0.1) is 0 Å². The number of esters is 1. The van der Waals surface area contributed by atoms with E-state index in [2.05, 4.69) is 14.7 Å². The molecule has 2 aromatic rings. The molecule has 0 unspecified atom stereocenters. The molecule has 0 amide bonds. The zero-order valence-electron chi connectivity index (χ0n) is 11.4. The van der Waals surface area contributed by atoms with Gasteiger partial charge in [-0.2, -0.15) is 13.1 Å². The number of carbonyl (C=O) groups excluding carboxylic acids is 1. The van der Waals surface area contributed by atoms with Crippen LogP contribution in [0.4, 0.5) is 0 Å². The van der Waals surface area contributed by atoms with Gasteiger partial charge in [0.15, 0.2) is 0 Å². The number of nitrogens with zero attached hydrogens (tertiary/aromatic N) is 2. The minimum Gasteiger partial charge on any atom is -0.760 e. The van der Waals surface area contributed by atoms with E-state index < -0.39 is 5.97 Å². The molecule has 0 radical (unpaired) electrons. The Hall–Kier alpha value is -0.987. The largest absolute Gasteiger partial charge is 0.760 e. The summed E-state index contributed by atoms with van der Waals surface area (Å²) >= 11 is 9.84. The van der Waals surface area contributed by atoms with Crippen molar-refractivity contribution >= 4 is 42.3 Å². The minimum absolute atomic E-state index is 0. The van der Waals surface area contributed by atoms with E-state index in [0.29, 0.717) is 21.6 Å². The van der Waals surface area contributed by atoms with Crippen molar-refractivity contribution in [3.63, 3.8) is 0 Å². The Kier molecular flexibility index (Phi) is 9.40. The number of hydrogen-bond donors (Lipinski definition) is 0. The van der Waals surface area contributed by atoms with Crippen LogP contribution >= 0.6 is 0 Å². The molecule has 0 aliphatic heterocycles. The molecule has 0 spiro atoms. The number of nitrogens with one attached hydrogen (secondary N) is 2. The molecule has 1 aromatic carbocycles. The zero-order chi connectivity index (χ0) is 15.1. The van der Waals surface area contributed by atoms with E-state index in [4.69, 9.17) is 36.7 Å². The van der Waals surface area contributed by atoms with Crippen LogP contribution in [0.1, 0.15) is 10.4 Å². The molecule has 2 N–H and O–H groups in total. The molecule has 0 atom stereocenters. The van der Waals surface area contributed by atoms with Gasteiger partial charge in [0.1, 0.15) is 0 Å². The Labute approximate surface area is 146 Å². The summed E-state index contributed by atoms with van der Waals surface area (Å²) in [5.41, 5.74) is 14.1. The standard InChI is InChI=1S/C10H8N2O2S2.C2H6N2.Zn/c1-14-10(13)5-2-3-6-7(4-5)12-9(16)8(15)11-6;3-1-2-4;/h2-4H,1H3,(H,11,15)(H,12,16);3-4H,1-2H2;/q;-2;/p-2. The van der Waals surface area contributed by atoms with Gasteiger partial charge in [0.25, 0.3) is 0 Å².